The summed E-state index contributed by atoms with van der Waals surface area (Å²) < 4.78 is 3.16. The van der Waals surface area contributed by atoms with Crippen molar-refractivity contribution >= 4 is 28.1 Å². The summed E-state index contributed by atoms with van der Waals surface area (Å²) in [5.74, 6) is -0.487. The molecule has 0 aliphatic heterocycles. The van der Waals surface area contributed by atoms with Gasteiger partial charge in [0.05, 0.1) is 28.9 Å². The summed E-state index contributed by atoms with van der Waals surface area (Å²) >= 11 is 0. The number of para-hydroxylation sites is 1. The highest BCUT2D eigenvalue weighted by Gasteiger charge is 2.24. The molecule has 10 nitrogen and oxygen atoms in total. The van der Waals surface area contributed by atoms with Gasteiger partial charge in [-0.1, -0.05) is 36.4 Å². The van der Waals surface area contributed by atoms with E-state index >= 15 is 0 Å². The van der Waals surface area contributed by atoms with Crippen molar-refractivity contribution in [2.24, 2.45) is 0 Å². The molecule has 0 spiro atoms. The Morgan fingerprint density at radius 1 is 1.07 bits per heavy atom. The Morgan fingerprint density at radius 2 is 1.90 bits per heavy atom. The van der Waals surface area contributed by atoms with Crippen molar-refractivity contribution in [3.05, 3.63) is 124 Å². The van der Waals surface area contributed by atoms with Gasteiger partial charge >= 0.3 is 0 Å². The number of carbonyl (C=O) groups excluding carboxylic acids is 2. The lowest BCUT2D eigenvalue weighted by Crippen LogP contribution is -2.32. The number of ketones is 1. The normalized spacial score (nSPS) is 12.1. The van der Waals surface area contributed by atoms with Gasteiger partial charge in [-0.3, -0.25) is 24.0 Å². The number of hydrogen-bond donors (Lipinski definition) is 2. The largest absolute Gasteiger partial charge is 0.344 e. The quantitative estimate of drug-likeness (QED) is 0.300. The minimum absolute atomic E-state index is 0.0492. The van der Waals surface area contributed by atoms with E-state index in [0.717, 1.165) is 0 Å². The molecule has 2 aromatic carbocycles. The zero-order chi connectivity index (χ0) is 27.8. The summed E-state index contributed by atoms with van der Waals surface area (Å²) in [4.78, 5) is 44.9. The lowest BCUT2D eigenvalue weighted by molar-refractivity contribution is 0.0938. The van der Waals surface area contributed by atoms with E-state index < -0.39 is 6.04 Å². The molecule has 0 fully saturated rings. The average Bonchev–Trinajstić information content (AvgIpc) is 3.61. The molecule has 0 aliphatic carbocycles. The van der Waals surface area contributed by atoms with E-state index in [1.54, 1.807) is 46.7 Å². The first kappa shape index (κ1) is 24.9. The third kappa shape index (κ3) is 4.35. The van der Waals surface area contributed by atoms with Gasteiger partial charge in [-0.25, -0.2) is 9.50 Å². The summed E-state index contributed by atoms with van der Waals surface area (Å²) in [6.07, 6.45) is 6.41. The number of aromatic nitrogens is 6. The Hall–Kier alpha value is -5.38. The van der Waals surface area contributed by atoms with Crippen LogP contribution in [0.5, 0.6) is 0 Å². The van der Waals surface area contributed by atoms with Crippen molar-refractivity contribution < 1.29 is 9.59 Å². The number of aromatic amines is 1. The fourth-order valence-electron chi connectivity index (χ4n) is 5.05. The number of aryl methyl sites for hydroxylation is 1. The maximum atomic E-state index is 14.2. The molecule has 1 atom stereocenters. The Balaban J connectivity index is 1.46. The van der Waals surface area contributed by atoms with Crippen LogP contribution in [0.4, 0.5) is 0 Å². The maximum absolute atomic E-state index is 14.2. The van der Waals surface area contributed by atoms with Crippen molar-refractivity contribution in [2.45, 2.75) is 26.3 Å². The lowest BCUT2D eigenvalue weighted by atomic mass is 9.98. The predicted molar refractivity (Wildman–Crippen MR) is 150 cm³/mol. The van der Waals surface area contributed by atoms with Crippen molar-refractivity contribution in [1.82, 2.24) is 34.7 Å². The van der Waals surface area contributed by atoms with Crippen molar-refractivity contribution in [1.29, 1.82) is 0 Å². The maximum Gasteiger partial charge on any atom is 0.263 e. The monoisotopic (exact) mass is 531 g/mol. The molecule has 6 rings (SSSR count). The molecule has 10 heteroatoms. The fourth-order valence-corrected chi connectivity index (χ4v) is 5.05. The Bertz CT molecular complexity index is 1940. The van der Waals surface area contributed by atoms with Gasteiger partial charge in [0.2, 0.25) is 0 Å². The summed E-state index contributed by atoms with van der Waals surface area (Å²) in [5.41, 5.74) is 3.42. The van der Waals surface area contributed by atoms with Crippen LogP contribution in [0.25, 0.3) is 22.1 Å². The molecule has 4 aromatic heterocycles. The number of hydrogen-bond acceptors (Lipinski definition) is 6. The highest BCUT2D eigenvalue weighted by Crippen LogP contribution is 2.25. The summed E-state index contributed by atoms with van der Waals surface area (Å²) in [7, 11) is 0. The summed E-state index contributed by atoms with van der Waals surface area (Å²) in [6.45, 7) is 3.59. The van der Waals surface area contributed by atoms with Crippen molar-refractivity contribution in [3.8, 4) is 5.69 Å². The van der Waals surface area contributed by atoms with Crippen LogP contribution in [0, 0.1) is 6.92 Å². The Kier molecular flexibility index (Phi) is 6.27. The van der Waals surface area contributed by atoms with Gasteiger partial charge in [-0.2, -0.15) is 10.2 Å². The van der Waals surface area contributed by atoms with Crippen LogP contribution in [0.2, 0.25) is 0 Å². The molecule has 2 N–H and O–H groups in total. The molecule has 0 saturated heterocycles. The van der Waals surface area contributed by atoms with E-state index in [2.05, 4.69) is 25.6 Å². The van der Waals surface area contributed by atoms with E-state index in [4.69, 9.17) is 0 Å². The van der Waals surface area contributed by atoms with E-state index in [1.165, 1.54) is 6.20 Å². The fraction of sp³-hybridized carbons (Fsp3) is 0.133. The molecular weight excluding hydrogens is 506 g/mol. The molecule has 0 bridgehead atoms. The van der Waals surface area contributed by atoms with Gasteiger partial charge in [0.25, 0.3) is 11.5 Å². The molecule has 6 aromatic rings. The molecule has 4 heterocycles. The van der Waals surface area contributed by atoms with Crippen LogP contribution in [0.3, 0.4) is 0 Å². The number of Topliss-reactive ketones (excluding diaryl/α,β-unsaturated/α-hetero) is 1. The van der Waals surface area contributed by atoms with Gasteiger partial charge in [0, 0.05) is 36.4 Å². The van der Waals surface area contributed by atoms with E-state index in [1.807, 2.05) is 55.5 Å². The van der Waals surface area contributed by atoms with Crippen LogP contribution in [0.1, 0.15) is 50.6 Å². The van der Waals surface area contributed by atoms with Gasteiger partial charge in [0.15, 0.2) is 11.4 Å². The zero-order valence-electron chi connectivity index (χ0n) is 21.8. The molecule has 1 unspecified atom stereocenters. The second-order valence-electron chi connectivity index (χ2n) is 9.56. The minimum atomic E-state index is -0.556. The average molecular weight is 532 g/mol. The number of carbonyl (C=O) groups is 2. The summed E-state index contributed by atoms with van der Waals surface area (Å²) in [5, 5.41) is 15.1. The number of nitrogens with one attached hydrogen (secondary N) is 2. The molecule has 0 radical (unpaired) electrons. The molecule has 0 aliphatic rings. The number of benzene rings is 2. The summed E-state index contributed by atoms with van der Waals surface area (Å²) in [6, 6.07) is 17.8. The SMILES string of the molecule is Cc1nn2cccnc2c1C(=O)NC(C)c1cc2cccc(CC(=O)c3cn[nH]c3)c2c(=O)n1-c1ccccc1. The van der Waals surface area contributed by atoms with Crippen LogP contribution in [0.15, 0.2) is 90.2 Å². The third-order valence-corrected chi connectivity index (χ3v) is 6.94. The van der Waals surface area contributed by atoms with E-state index in [9.17, 15) is 14.4 Å². The number of nitrogens with zero attached hydrogens (tertiary/aromatic N) is 5. The first-order valence-corrected chi connectivity index (χ1v) is 12.8. The molecule has 198 valence electrons. The Labute approximate surface area is 228 Å². The smallest absolute Gasteiger partial charge is 0.263 e. The standard InChI is InChI=1S/C30H25N7O3/c1-18(34-29(39)26-19(2)35-36-13-7-12-31-28(26)36)24-14-20-8-6-9-21(15-25(38)22-16-32-33-17-22)27(20)30(40)37(24)23-10-4-3-5-11-23/h3-14,16-18H,15H2,1-2H3,(H,32,33)(H,34,39). The first-order chi connectivity index (χ1) is 19.4. The molecule has 1 amide bonds. The van der Waals surface area contributed by atoms with Gasteiger partial charge in [-0.05, 0) is 49.1 Å². The lowest BCUT2D eigenvalue weighted by Gasteiger charge is -2.21. The second kappa shape index (κ2) is 10.1. The van der Waals surface area contributed by atoms with Gasteiger partial charge in [-0.15, -0.1) is 0 Å². The highest BCUT2D eigenvalue weighted by molar-refractivity contribution is 6.01. The van der Waals surface area contributed by atoms with Crippen LogP contribution >= 0.6 is 0 Å². The Morgan fingerprint density at radius 3 is 2.67 bits per heavy atom. The van der Waals surface area contributed by atoms with Crippen LogP contribution in [-0.4, -0.2) is 41.1 Å². The van der Waals surface area contributed by atoms with E-state index in [-0.39, 0.29) is 23.7 Å². The van der Waals surface area contributed by atoms with Gasteiger partial charge < -0.3 is 5.32 Å². The number of fused-ring (bicyclic) bond motifs is 2. The zero-order valence-corrected chi connectivity index (χ0v) is 21.8. The van der Waals surface area contributed by atoms with Gasteiger partial charge in [0.1, 0.15) is 5.56 Å². The van der Waals surface area contributed by atoms with Crippen LogP contribution < -0.4 is 10.9 Å². The van der Waals surface area contributed by atoms with Crippen LogP contribution in [-0.2, 0) is 6.42 Å². The first-order valence-electron chi connectivity index (χ1n) is 12.8. The molecule has 40 heavy (non-hydrogen) atoms. The number of rotatable bonds is 7. The van der Waals surface area contributed by atoms with E-state index in [0.29, 0.717) is 50.2 Å². The van der Waals surface area contributed by atoms with Crippen molar-refractivity contribution in [3.63, 3.8) is 0 Å². The minimum Gasteiger partial charge on any atom is -0.344 e. The number of amides is 1. The number of H-pyrrole nitrogens is 1. The third-order valence-electron chi connectivity index (χ3n) is 6.94. The topological polar surface area (TPSA) is 127 Å². The predicted octanol–water partition coefficient (Wildman–Crippen LogP) is 3.98. The number of pyridine rings is 1. The highest BCUT2D eigenvalue weighted by atomic mass is 16.2. The van der Waals surface area contributed by atoms with Crippen molar-refractivity contribution in [2.75, 3.05) is 0 Å². The second-order valence-corrected chi connectivity index (χ2v) is 9.56. The molecule has 0 saturated carbocycles. The molecular formula is C30H25N7O3.